The molecular weight excluding hydrogens is 278 g/mol. The van der Waals surface area contributed by atoms with Gasteiger partial charge in [0.05, 0.1) is 16.8 Å². The molecule has 0 radical (unpaired) electrons. The van der Waals surface area contributed by atoms with E-state index in [4.69, 9.17) is 16.3 Å². The van der Waals surface area contributed by atoms with E-state index in [-0.39, 0.29) is 16.7 Å². The molecule has 0 bridgehead atoms. The van der Waals surface area contributed by atoms with Gasteiger partial charge >= 0.3 is 5.97 Å². The fraction of sp³-hybridized carbons (Fsp3) is 0.533. The first kappa shape index (κ1) is 15.1. The van der Waals surface area contributed by atoms with Crippen LogP contribution in [0.1, 0.15) is 36.5 Å². The van der Waals surface area contributed by atoms with Gasteiger partial charge in [-0.3, -0.25) is 0 Å². The monoisotopic (exact) mass is 297 g/mol. The third kappa shape index (κ3) is 3.44. The molecule has 1 aliphatic rings. The Bertz CT molecular complexity index is 478. The Kier molecular flexibility index (Phi) is 5.26. The van der Waals surface area contributed by atoms with E-state index in [2.05, 4.69) is 11.8 Å². The topological polar surface area (TPSA) is 49.8 Å². The summed E-state index contributed by atoms with van der Waals surface area (Å²) in [6.07, 6.45) is 3.19. The fourth-order valence-electron chi connectivity index (χ4n) is 2.57. The van der Waals surface area contributed by atoms with Gasteiger partial charge in [0.15, 0.2) is 0 Å². The maximum Gasteiger partial charge on any atom is 0.339 e. The average Bonchev–Trinajstić information content (AvgIpc) is 2.44. The van der Waals surface area contributed by atoms with E-state index in [9.17, 15) is 9.90 Å². The van der Waals surface area contributed by atoms with Gasteiger partial charge in [-0.1, -0.05) is 24.6 Å². The highest BCUT2D eigenvalue weighted by Gasteiger charge is 2.25. The van der Waals surface area contributed by atoms with Gasteiger partial charge in [0.1, 0.15) is 5.56 Å². The van der Waals surface area contributed by atoms with Crippen molar-refractivity contribution in [2.45, 2.75) is 32.3 Å². The van der Waals surface area contributed by atoms with Gasteiger partial charge < -0.3 is 14.7 Å². The highest BCUT2D eigenvalue weighted by molar-refractivity contribution is 6.34. The van der Waals surface area contributed by atoms with Crippen LogP contribution in [-0.4, -0.2) is 36.9 Å². The first-order chi connectivity index (χ1) is 9.63. The van der Waals surface area contributed by atoms with Gasteiger partial charge in [-0.15, -0.1) is 0 Å². The summed E-state index contributed by atoms with van der Waals surface area (Å²) in [5.41, 5.74) is 0.875. The highest BCUT2D eigenvalue weighted by Crippen LogP contribution is 2.30. The summed E-state index contributed by atoms with van der Waals surface area (Å²) in [7, 11) is 0. The molecule has 1 heterocycles. The molecule has 2 rings (SSSR count). The molecule has 1 aliphatic heterocycles. The second kappa shape index (κ2) is 6.95. The van der Waals surface area contributed by atoms with Crippen molar-refractivity contribution in [2.24, 2.45) is 0 Å². The Morgan fingerprint density at radius 3 is 3.05 bits per heavy atom. The second-order valence-corrected chi connectivity index (χ2v) is 5.43. The molecule has 5 heteroatoms. The van der Waals surface area contributed by atoms with Crippen LogP contribution < -0.4 is 4.90 Å². The third-order valence-electron chi connectivity index (χ3n) is 3.48. The van der Waals surface area contributed by atoms with Crippen LogP contribution in [0.3, 0.4) is 0 Å². The maximum absolute atomic E-state index is 11.4. The van der Waals surface area contributed by atoms with Crippen LogP contribution in [0.5, 0.6) is 0 Å². The van der Waals surface area contributed by atoms with Crippen LogP contribution in [0.15, 0.2) is 18.2 Å². The van der Waals surface area contributed by atoms with Gasteiger partial charge in [0.25, 0.3) is 0 Å². The normalized spacial score (nSPS) is 19.1. The maximum atomic E-state index is 11.4. The molecule has 1 N–H and O–H groups in total. The first-order valence-electron chi connectivity index (χ1n) is 7.01. The molecule has 110 valence electrons. The number of benzene rings is 1. The molecule has 0 aliphatic carbocycles. The lowest BCUT2D eigenvalue weighted by molar-refractivity contribution is 0.0439. The van der Waals surface area contributed by atoms with Crippen LogP contribution in [0.2, 0.25) is 5.02 Å². The molecule has 1 aromatic rings. The molecule has 1 atom stereocenters. The smallest absolute Gasteiger partial charge is 0.339 e. The average molecular weight is 298 g/mol. The van der Waals surface area contributed by atoms with Crippen molar-refractivity contribution in [3.05, 3.63) is 28.8 Å². The van der Waals surface area contributed by atoms with E-state index in [0.717, 1.165) is 39.0 Å². The summed E-state index contributed by atoms with van der Waals surface area (Å²) in [5.74, 6) is -0.984. The first-order valence-corrected chi connectivity index (χ1v) is 7.39. The quantitative estimate of drug-likeness (QED) is 0.904. The highest BCUT2D eigenvalue weighted by atomic mass is 35.5. The van der Waals surface area contributed by atoms with Crippen LogP contribution >= 0.6 is 11.6 Å². The third-order valence-corrected chi connectivity index (χ3v) is 3.80. The Morgan fingerprint density at radius 2 is 2.35 bits per heavy atom. The minimum absolute atomic E-state index is 0.171. The second-order valence-electron chi connectivity index (χ2n) is 5.02. The lowest BCUT2D eigenvalue weighted by atomic mass is 10.0. The van der Waals surface area contributed by atoms with E-state index in [1.54, 1.807) is 12.1 Å². The van der Waals surface area contributed by atoms with Gasteiger partial charge in [-0.05, 0) is 31.4 Å². The summed E-state index contributed by atoms with van der Waals surface area (Å²) < 4.78 is 5.79. The number of rotatable bonds is 5. The van der Waals surface area contributed by atoms with E-state index < -0.39 is 5.97 Å². The Balaban J connectivity index is 2.18. The molecule has 0 spiro atoms. The summed E-state index contributed by atoms with van der Waals surface area (Å²) in [5, 5.41) is 9.63. The van der Waals surface area contributed by atoms with Crippen molar-refractivity contribution in [2.75, 3.05) is 24.6 Å². The number of nitrogens with zero attached hydrogens (tertiary/aromatic N) is 1. The van der Waals surface area contributed by atoms with E-state index >= 15 is 0 Å². The molecule has 4 nitrogen and oxygen atoms in total. The van der Waals surface area contributed by atoms with Crippen molar-refractivity contribution in [3.63, 3.8) is 0 Å². The largest absolute Gasteiger partial charge is 0.478 e. The number of halogens is 1. The Morgan fingerprint density at radius 1 is 1.55 bits per heavy atom. The zero-order valence-corrected chi connectivity index (χ0v) is 12.4. The van der Waals surface area contributed by atoms with Crippen molar-refractivity contribution in [1.29, 1.82) is 0 Å². The van der Waals surface area contributed by atoms with Gasteiger partial charge in [-0.2, -0.15) is 0 Å². The summed E-state index contributed by atoms with van der Waals surface area (Å²) in [6.45, 7) is 4.40. The van der Waals surface area contributed by atoms with Gasteiger partial charge in [0.2, 0.25) is 0 Å². The lowest BCUT2D eigenvalue weighted by Gasteiger charge is -2.35. The van der Waals surface area contributed by atoms with Gasteiger partial charge in [0, 0.05) is 19.7 Å². The number of carboxylic acid groups (broad SMARTS) is 1. The summed E-state index contributed by atoms with van der Waals surface area (Å²) >= 11 is 6.02. The van der Waals surface area contributed by atoms with Crippen molar-refractivity contribution < 1.29 is 14.6 Å². The molecule has 1 saturated heterocycles. The lowest BCUT2D eigenvalue weighted by Crippen LogP contribution is -2.40. The zero-order valence-electron chi connectivity index (χ0n) is 11.6. The van der Waals surface area contributed by atoms with Crippen LogP contribution in [0, 0.1) is 0 Å². The zero-order chi connectivity index (χ0) is 14.5. The minimum Gasteiger partial charge on any atom is -0.478 e. The number of carbonyl (C=O) groups is 1. The summed E-state index contributed by atoms with van der Waals surface area (Å²) in [6, 6.07) is 5.22. The predicted octanol–water partition coefficient (Wildman–Crippen LogP) is 3.43. The Hall–Kier alpha value is -1.26. The number of ether oxygens (including phenoxy) is 1. The standard InChI is InChI=1S/C15H20ClNO3/c1-2-9-20-11-5-4-8-17(10-11)13-7-3-6-12(16)14(13)15(18)19/h3,6-7,11H,2,4-5,8-10H2,1H3,(H,18,19). The van der Waals surface area contributed by atoms with E-state index in [1.807, 2.05) is 6.07 Å². The SMILES string of the molecule is CCCOC1CCCN(c2cccc(Cl)c2C(=O)O)C1. The molecule has 1 unspecified atom stereocenters. The van der Waals surface area contributed by atoms with Crippen LogP contribution in [-0.2, 0) is 4.74 Å². The predicted molar refractivity (Wildman–Crippen MR) is 79.9 cm³/mol. The number of carboxylic acids is 1. The van der Waals surface area contributed by atoms with Crippen LogP contribution in [0.25, 0.3) is 0 Å². The fourth-order valence-corrected chi connectivity index (χ4v) is 2.82. The molecular formula is C15H20ClNO3. The number of hydrogen-bond donors (Lipinski definition) is 1. The van der Waals surface area contributed by atoms with Crippen molar-refractivity contribution >= 4 is 23.3 Å². The van der Waals surface area contributed by atoms with Gasteiger partial charge in [-0.25, -0.2) is 4.79 Å². The van der Waals surface area contributed by atoms with Crippen molar-refractivity contribution in [3.8, 4) is 0 Å². The van der Waals surface area contributed by atoms with E-state index in [1.165, 1.54) is 0 Å². The molecule has 1 fully saturated rings. The number of aromatic carboxylic acids is 1. The van der Waals surface area contributed by atoms with E-state index in [0.29, 0.717) is 5.69 Å². The summed E-state index contributed by atoms with van der Waals surface area (Å²) in [4.78, 5) is 13.5. The number of piperidine rings is 1. The minimum atomic E-state index is -0.984. The van der Waals surface area contributed by atoms with Crippen LogP contribution in [0.4, 0.5) is 5.69 Å². The molecule has 0 amide bonds. The number of anilines is 1. The molecule has 0 aromatic heterocycles. The molecule has 1 aromatic carbocycles. The molecule has 20 heavy (non-hydrogen) atoms. The Labute approximate surface area is 124 Å². The van der Waals surface area contributed by atoms with Crippen molar-refractivity contribution in [1.82, 2.24) is 0 Å². The number of hydrogen-bond acceptors (Lipinski definition) is 3. The molecule has 0 saturated carbocycles.